The molecule has 1 amide bonds. The van der Waals surface area contributed by atoms with Gasteiger partial charge < -0.3 is 10.2 Å². The quantitative estimate of drug-likeness (QED) is 0.522. The van der Waals surface area contributed by atoms with Crippen LogP contribution in [-0.4, -0.2) is 70.2 Å². The number of anilines is 1. The Kier molecular flexibility index (Phi) is 5.83. The van der Waals surface area contributed by atoms with Gasteiger partial charge in [0.15, 0.2) is 5.82 Å². The molecule has 33 heavy (non-hydrogen) atoms. The van der Waals surface area contributed by atoms with E-state index >= 15 is 0 Å². The molecular formula is C21H27N7O3S2. The van der Waals surface area contributed by atoms with Crippen LogP contribution in [0, 0.1) is 5.92 Å². The van der Waals surface area contributed by atoms with Gasteiger partial charge in [0.1, 0.15) is 16.3 Å². The van der Waals surface area contributed by atoms with Gasteiger partial charge >= 0.3 is 0 Å². The Morgan fingerprint density at radius 3 is 2.67 bits per heavy atom. The molecule has 1 saturated carbocycles. The molecule has 4 heterocycles. The lowest BCUT2D eigenvalue weighted by Gasteiger charge is -2.31. The van der Waals surface area contributed by atoms with Crippen molar-refractivity contribution in [2.45, 2.75) is 44.7 Å². The highest BCUT2D eigenvalue weighted by Gasteiger charge is 2.30. The molecular weight excluding hydrogens is 462 g/mol. The molecule has 3 aromatic heterocycles. The Hall–Kier alpha value is -2.57. The molecule has 3 aromatic rings. The van der Waals surface area contributed by atoms with Crippen LogP contribution < -0.4 is 10.0 Å². The van der Waals surface area contributed by atoms with Crippen LogP contribution in [0.5, 0.6) is 0 Å². The van der Waals surface area contributed by atoms with E-state index in [4.69, 9.17) is 4.98 Å². The molecule has 5 rings (SSSR count). The lowest BCUT2D eigenvalue weighted by atomic mass is 10.1. The van der Waals surface area contributed by atoms with Gasteiger partial charge in [-0.1, -0.05) is 0 Å². The predicted octanol–water partition coefficient (Wildman–Crippen LogP) is 2.22. The number of fused-ring (bicyclic) bond motifs is 1. The van der Waals surface area contributed by atoms with Crippen molar-refractivity contribution in [1.29, 1.82) is 0 Å². The Balaban J connectivity index is 1.41. The molecule has 0 radical (unpaired) electrons. The molecule has 176 valence electrons. The Morgan fingerprint density at radius 1 is 1.21 bits per heavy atom. The zero-order chi connectivity index (χ0) is 23.2. The van der Waals surface area contributed by atoms with Crippen LogP contribution >= 0.6 is 11.3 Å². The van der Waals surface area contributed by atoms with Crippen LogP contribution in [0.3, 0.4) is 0 Å². The fourth-order valence-corrected chi connectivity index (χ4v) is 5.88. The Labute approximate surface area is 196 Å². The van der Waals surface area contributed by atoms with Gasteiger partial charge in [-0.15, -0.1) is 11.3 Å². The van der Waals surface area contributed by atoms with Gasteiger partial charge in [-0.3, -0.25) is 4.79 Å². The van der Waals surface area contributed by atoms with Crippen LogP contribution in [-0.2, 0) is 10.0 Å². The number of aromatic nitrogens is 4. The van der Waals surface area contributed by atoms with E-state index in [-0.39, 0.29) is 18.0 Å². The summed E-state index contributed by atoms with van der Waals surface area (Å²) in [4.78, 5) is 25.4. The first-order valence-electron chi connectivity index (χ1n) is 11.1. The normalized spacial score (nSPS) is 18.5. The fraction of sp³-hybridized carbons (Fsp3) is 0.524. The minimum Gasteiger partial charge on any atom is -0.367 e. The number of amides is 1. The number of hydrogen-bond acceptors (Lipinski definition) is 8. The number of carbonyl (C=O) groups is 1. The highest BCUT2D eigenvalue weighted by molar-refractivity contribution is 7.88. The summed E-state index contributed by atoms with van der Waals surface area (Å²) in [5, 5.41) is 9.77. The fourth-order valence-electron chi connectivity index (χ4n) is 4.24. The number of nitrogens with zero attached hydrogens (tertiary/aromatic N) is 5. The van der Waals surface area contributed by atoms with Gasteiger partial charge in [0.05, 0.1) is 18.0 Å². The van der Waals surface area contributed by atoms with E-state index in [0.29, 0.717) is 49.2 Å². The van der Waals surface area contributed by atoms with Crippen molar-refractivity contribution < 1.29 is 13.2 Å². The number of thiazole rings is 1. The van der Waals surface area contributed by atoms with E-state index in [9.17, 15) is 13.2 Å². The number of piperidine rings is 1. The molecule has 0 aromatic carbocycles. The van der Waals surface area contributed by atoms with Gasteiger partial charge in [-0.2, -0.15) is 5.10 Å². The number of likely N-dealkylation sites (tertiary alicyclic amines) is 1. The van der Waals surface area contributed by atoms with Crippen molar-refractivity contribution in [2.24, 2.45) is 5.92 Å². The third-order valence-electron chi connectivity index (χ3n) is 6.19. The van der Waals surface area contributed by atoms with Gasteiger partial charge in [-0.25, -0.2) is 27.6 Å². The summed E-state index contributed by atoms with van der Waals surface area (Å²) < 4.78 is 27.4. The highest BCUT2D eigenvalue weighted by Crippen LogP contribution is 2.34. The second-order valence-corrected chi connectivity index (χ2v) is 11.6. The minimum atomic E-state index is -3.27. The number of rotatable bonds is 7. The number of carbonyl (C=O) groups excluding carboxylic acids is 1. The maximum Gasteiger partial charge on any atom is 0.272 e. The molecule has 1 saturated heterocycles. The minimum absolute atomic E-state index is 0.152. The van der Waals surface area contributed by atoms with Crippen molar-refractivity contribution in [1.82, 2.24) is 29.2 Å². The molecule has 2 aliphatic rings. The van der Waals surface area contributed by atoms with E-state index in [2.05, 4.69) is 27.0 Å². The topological polar surface area (TPSA) is 122 Å². The van der Waals surface area contributed by atoms with Gasteiger partial charge in [0.2, 0.25) is 10.0 Å². The molecule has 1 atom stereocenters. The first-order chi connectivity index (χ1) is 15.8. The monoisotopic (exact) mass is 489 g/mol. The van der Waals surface area contributed by atoms with E-state index in [0.717, 1.165) is 16.6 Å². The summed E-state index contributed by atoms with van der Waals surface area (Å²) in [5.41, 5.74) is 1.12. The first-order valence-corrected chi connectivity index (χ1v) is 13.9. The molecule has 0 bridgehead atoms. The number of sulfonamides is 1. The summed E-state index contributed by atoms with van der Waals surface area (Å²) in [6, 6.07) is 1.84. The van der Waals surface area contributed by atoms with Crippen molar-refractivity contribution in [3.05, 3.63) is 29.5 Å². The summed E-state index contributed by atoms with van der Waals surface area (Å²) in [6.07, 6.45) is 8.31. The molecule has 1 aliphatic heterocycles. The maximum atomic E-state index is 13.4. The maximum absolute atomic E-state index is 13.4. The zero-order valence-corrected chi connectivity index (χ0v) is 20.2. The van der Waals surface area contributed by atoms with Crippen LogP contribution in [0.2, 0.25) is 0 Å². The average molecular weight is 490 g/mol. The van der Waals surface area contributed by atoms with Crippen molar-refractivity contribution in [3.63, 3.8) is 0 Å². The van der Waals surface area contributed by atoms with E-state index in [1.165, 1.54) is 12.8 Å². The van der Waals surface area contributed by atoms with Crippen molar-refractivity contribution in [2.75, 3.05) is 24.7 Å². The third kappa shape index (κ3) is 5.02. The van der Waals surface area contributed by atoms with Gasteiger partial charge in [0.25, 0.3) is 5.91 Å². The smallest absolute Gasteiger partial charge is 0.272 e. The van der Waals surface area contributed by atoms with Crippen LogP contribution in [0.4, 0.5) is 5.82 Å². The number of hydrogen-bond donors (Lipinski definition) is 2. The van der Waals surface area contributed by atoms with Crippen molar-refractivity contribution >= 4 is 37.9 Å². The molecule has 1 unspecified atom stereocenters. The molecule has 1 aliphatic carbocycles. The largest absolute Gasteiger partial charge is 0.367 e. The zero-order valence-electron chi connectivity index (χ0n) is 18.6. The van der Waals surface area contributed by atoms with Crippen LogP contribution in [0.15, 0.2) is 23.8 Å². The number of nitrogens with one attached hydrogen (secondary N) is 2. The lowest BCUT2D eigenvalue weighted by molar-refractivity contribution is 0.0705. The van der Waals surface area contributed by atoms with Crippen LogP contribution in [0.1, 0.15) is 43.1 Å². The molecule has 2 N–H and O–H groups in total. The molecule has 12 heteroatoms. The van der Waals surface area contributed by atoms with Crippen molar-refractivity contribution in [3.8, 4) is 11.4 Å². The summed E-state index contributed by atoms with van der Waals surface area (Å²) in [7, 11) is -3.27. The average Bonchev–Trinajstić information content (AvgIpc) is 3.39. The molecule has 10 nitrogen and oxygen atoms in total. The molecule has 2 fully saturated rings. The summed E-state index contributed by atoms with van der Waals surface area (Å²) >= 11 is 1.55. The van der Waals surface area contributed by atoms with Crippen LogP contribution in [0.25, 0.3) is 16.2 Å². The third-order valence-corrected chi connectivity index (χ3v) is 7.83. The predicted molar refractivity (Wildman–Crippen MR) is 127 cm³/mol. The summed E-state index contributed by atoms with van der Waals surface area (Å²) in [6.45, 7) is 3.07. The van der Waals surface area contributed by atoms with Gasteiger partial charge in [-0.05, 0) is 38.5 Å². The Bertz CT molecular complexity index is 1270. The van der Waals surface area contributed by atoms with Gasteiger partial charge in [0, 0.05) is 42.8 Å². The standard InChI is InChI=1S/C21H27N7O3S2/c1-13(14-3-4-14)23-18-11-17(20(29)27-7-5-15(6-8-27)26-33(2,30)31)24-19(25-18)16-12-22-28-9-10-32-21(16)28/h9-15,26H,3-8H2,1-2H3,(H,23,24,25). The van der Waals surface area contributed by atoms with E-state index in [1.807, 2.05) is 11.6 Å². The lowest BCUT2D eigenvalue weighted by Crippen LogP contribution is -2.46. The SMILES string of the molecule is CC(Nc1cc(C(=O)N2CCC(NS(C)(=O)=O)CC2)nc(-c2cnn3ccsc23)n1)C1CC1. The molecule has 0 spiro atoms. The second kappa shape index (κ2) is 8.65. The van der Waals surface area contributed by atoms with E-state index in [1.54, 1.807) is 33.0 Å². The van der Waals surface area contributed by atoms with E-state index < -0.39 is 10.0 Å². The Morgan fingerprint density at radius 2 is 1.97 bits per heavy atom. The highest BCUT2D eigenvalue weighted by atomic mass is 32.2. The summed E-state index contributed by atoms with van der Waals surface area (Å²) in [5.74, 6) is 1.56. The second-order valence-electron chi connectivity index (χ2n) is 8.90. The first kappa shape index (κ1) is 22.2.